The molecule has 0 saturated carbocycles. The lowest BCUT2D eigenvalue weighted by atomic mass is 10.3. The molecule has 0 bridgehead atoms. The summed E-state index contributed by atoms with van der Waals surface area (Å²) in [5.41, 5.74) is 0.777. The first-order chi connectivity index (χ1) is 6.15. The Morgan fingerprint density at radius 3 is 3.00 bits per heavy atom. The number of halogens is 1. The van der Waals surface area contributed by atoms with Crippen molar-refractivity contribution in [3.05, 3.63) is 23.3 Å². The Bertz CT molecular complexity index is 341. The van der Waals surface area contributed by atoms with Crippen LogP contribution >= 0.6 is 11.6 Å². The van der Waals surface area contributed by atoms with Gasteiger partial charge >= 0.3 is 0 Å². The van der Waals surface area contributed by atoms with Crippen molar-refractivity contribution in [2.75, 3.05) is 0 Å². The van der Waals surface area contributed by atoms with E-state index in [4.69, 9.17) is 11.6 Å². The van der Waals surface area contributed by atoms with Crippen molar-refractivity contribution in [2.24, 2.45) is 0 Å². The molecule has 0 radical (unpaired) electrons. The Morgan fingerprint density at radius 2 is 2.46 bits per heavy atom. The molecule has 0 spiro atoms. The van der Waals surface area contributed by atoms with Crippen LogP contribution in [0.15, 0.2) is 12.4 Å². The molecule has 0 aliphatic heterocycles. The maximum atomic E-state index is 10.7. The molecule has 1 rings (SSSR count). The van der Waals surface area contributed by atoms with Crippen LogP contribution in [-0.4, -0.2) is 15.3 Å². The zero-order valence-electron chi connectivity index (χ0n) is 7.62. The predicted molar refractivity (Wildman–Crippen MR) is 52.6 cm³/mol. The number of aromatic nitrogens is 2. The van der Waals surface area contributed by atoms with E-state index in [0.717, 1.165) is 12.2 Å². The van der Waals surface area contributed by atoms with Crippen molar-refractivity contribution in [1.29, 1.82) is 0 Å². The fraction of sp³-hybridized carbons (Fsp3) is 0.333. The Kier molecular flexibility index (Phi) is 3.25. The van der Waals surface area contributed by atoms with Crippen LogP contribution in [0.1, 0.15) is 19.5 Å². The number of carbonyl (C=O) groups excluding carboxylic acids is 1. The molecule has 3 nitrogen and oxygen atoms in total. The Labute approximate surface area is 82.0 Å². The average Bonchev–Trinajstić information content (AvgIpc) is 2.43. The van der Waals surface area contributed by atoms with Gasteiger partial charge in [0.2, 0.25) is 0 Å². The van der Waals surface area contributed by atoms with E-state index in [9.17, 15) is 4.79 Å². The van der Waals surface area contributed by atoms with Gasteiger partial charge in [-0.3, -0.25) is 4.79 Å². The quantitative estimate of drug-likeness (QED) is 0.698. The third-order valence-corrected chi connectivity index (χ3v) is 1.94. The molecule has 4 heteroatoms. The minimum Gasteiger partial charge on any atom is -0.330 e. The molecule has 0 atom stereocenters. The van der Waals surface area contributed by atoms with Crippen LogP contribution in [0.2, 0.25) is 5.15 Å². The molecular formula is C9H11ClN2O. The topological polar surface area (TPSA) is 34.9 Å². The molecule has 13 heavy (non-hydrogen) atoms. The molecule has 70 valence electrons. The number of hydrogen-bond acceptors (Lipinski definition) is 2. The summed E-state index contributed by atoms with van der Waals surface area (Å²) in [6.07, 6.45) is 4.82. The minimum atomic E-state index is -0.0000743. The van der Waals surface area contributed by atoms with Crippen LogP contribution in [0.3, 0.4) is 0 Å². The second-order valence-electron chi connectivity index (χ2n) is 2.65. The maximum Gasteiger partial charge on any atom is 0.154 e. The molecule has 1 aromatic heterocycles. The van der Waals surface area contributed by atoms with Crippen molar-refractivity contribution in [2.45, 2.75) is 20.4 Å². The lowest BCUT2D eigenvalue weighted by Gasteiger charge is -1.98. The number of aryl methyl sites for hydroxylation is 1. The first-order valence-electron chi connectivity index (χ1n) is 4.04. The van der Waals surface area contributed by atoms with Gasteiger partial charge in [0.25, 0.3) is 0 Å². The van der Waals surface area contributed by atoms with Crippen LogP contribution in [0.5, 0.6) is 0 Å². The van der Waals surface area contributed by atoms with Crippen molar-refractivity contribution < 1.29 is 4.79 Å². The lowest BCUT2D eigenvalue weighted by Crippen LogP contribution is -1.94. The average molecular weight is 199 g/mol. The van der Waals surface area contributed by atoms with E-state index >= 15 is 0 Å². The van der Waals surface area contributed by atoms with E-state index in [1.54, 1.807) is 12.4 Å². The lowest BCUT2D eigenvalue weighted by molar-refractivity contribution is -0.112. The molecule has 0 amide bonds. The molecule has 0 aliphatic carbocycles. The Balaban J connectivity index is 2.98. The molecule has 0 fully saturated rings. The van der Waals surface area contributed by atoms with Gasteiger partial charge in [0.15, 0.2) is 10.9 Å². The highest BCUT2D eigenvalue weighted by molar-refractivity contribution is 6.30. The number of carbonyl (C=O) groups is 1. The molecule has 0 aliphatic rings. The zero-order valence-corrected chi connectivity index (χ0v) is 8.38. The van der Waals surface area contributed by atoms with Crippen molar-refractivity contribution in [3.8, 4) is 0 Å². The van der Waals surface area contributed by atoms with Gasteiger partial charge in [-0.25, -0.2) is 4.98 Å². The van der Waals surface area contributed by atoms with Crippen molar-refractivity contribution >= 4 is 23.5 Å². The third kappa shape index (κ3) is 2.42. The fourth-order valence-corrected chi connectivity index (χ4v) is 1.20. The van der Waals surface area contributed by atoms with E-state index in [0.29, 0.717) is 5.15 Å². The van der Waals surface area contributed by atoms with Gasteiger partial charge in [-0.05, 0) is 26.0 Å². The van der Waals surface area contributed by atoms with E-state index in [-0.39, 0.29) is 5.78 Å². The summed E-state index contributed by atoms with van der Waals surface area (Å²) >= 11 is 5.81. The third-order valence-electron chi connectivity index (χ3n) is 1.65. The van der Waals surface area contributed by atoms with Crippen LogP contribution in [0.25, 0.3) is 6.08 Å². The number of nitrogens with zero attached hydrogens (tertiary/aromatic N) is 2. The number of ketones is 1. The molecule has 0 unspecified atom stereocenters. The SMILES string of the molecule is CCn1cnc(Cl)c1/C=C/C(C)=O. The molecule has 0 aromatic carbocycles. The standard InChI is InChI=1S/C9H11ClN2O/c1-3-12-6-11-9(10)8(12)5-4-7(2)13/h4-6H,3H2,1-2H3/b5-4+. The summed E-state index contributed by atoms with van der Waals surface area (Å²) in [5.74, 6) is -0.0000743. The van der Waals surface area contributed by atoms with E-state index < -0.39 is 0 Å². The monoisotopic (exact) mass is 198 g/mol. The Hall–Kier alpha value is -1.09. The van der Waals surface area contributed by atoms with Gasteiger partial charge in [-0.2, -0.15) is 0 Å². The number of allylic oxidation sites excluding steroid dienone is 1. The highest BCUT2D eigenvalue weighted by Gasteiger charge is 2.03. The summed E-state index contributed by atoms with van der Waals surface area (Å²) in [6.45, 7) is 4.28. The maximum absolute atomic E-state index is 10.7. The second kappa shape index (κ2) is 4.23. The summed E-state index contributed by atoms with van der Waals surface area (Å²) in [4.78, 5) is 14.6. The van der Waals surface area contributed by atoms with E-state index in [1.807, 2.05) is 11.5 Å². The van der Waals surface area contributed by atoms with Gasteiger partial charge < -0.3 is 4.57 Å². The molecule has 1 heterocycles. The minimum absolute atomic E-state index is 0.0000743. The first-order valence-corrected chi connectivity index (χ1v) is 4.42. The van der Waals surface area contributed by atoms with Gasteiger partial charge in [0, 0.05) is 6.54 Å². The molecule has 1 aromatic rings. The summed E-state index contributed by atoms with van der Waals surface area (Å²) in [7, 11) is 0. The van der Waals surface area contributed by atoms with Crippen LogP contribution in [0.4, 0.5) is 0 Å². The fourth-order valence-electron chi connectivity index (χ4n) is 0.980. The molecular weight excluding hydrogens is 188 g/mol. The van der Waals surface area contributed by atoms with Crippen LogP contribution < -0.4 is 0 Å². The number of rotatable bonds is 3. The van der Waals surface area contributed by atoms with Gasteiger partial charge in [0.05, 0.1) is 12.0 Å². The number of imidazole rings is 1. The highest BCUT2D eigenvalue weighted by atomic mass is 35.5. The van der Waals surface area contributed by atoms with Crippen LogP contribution in [0, 0.1) is 0 Å². The molecule has 0 N–H and O–H groups in total. The highest BCUT2D eigenvalue weighted by Crippen LogP contribution is 2.15. The normalized spacial score (nSPS) is 11.0. The Morgan fingerprint density at radius 1 is 1.77 bits per heavy atom. The second-order valence-corrected chi connectivity index (χ2v) is 3.01. The van der Waals surface area contributed by atoms with E-state index in [1.165, 1.54) is 13.0 Å². The molecule has 0 saturated heterocycles. The number of hydrogen-bond donors (Lipinski definition) is 0. The predicted octanol–water partition coefficient (Wildman–Crippen LogP) is 2.16. The zero-order chi connectivity index (χ0) is 9.84. The van der Waals surface area contributed by atoms with Gasteiger partial charge in [-0.1, -0.05) is 11.6 Å². The largest absolute Gasteiger partial charge is 0.330 e. The van der Waals surface area contributed by atoms with Crippen molar-refractivity contribution in [1.82, 2.24) is 9.55 Å². The van der Waals surface area contributed by atoms with E-state index in [2.05, 4.69) is 4.98 Å². The van der Waals surface area contributed by atoms with Crippen molar-refractivity contribution in [3.63, 3.8) is 0 Å². The summed E-state index contributed by atoms with van der Waals surface area (Å²) < 4.78 is 1.88. The summed E-state index contributed by atoms with van der Waals surface area (Å²) in [5, 5.41) is 0.430. The van der Waals surface area contributed by atoms with Gasteiger partial charge in [0.1, 0.15) is 0 Å². The first kappa shape index (κ1) is 9.99. The van der Waals surface area contributed by atoms with Crippen LogP contribution in [-0.2, 0) is 11.3 Å². The summed E-state index contributed by atoms with van der Waals surface area (Å²) in [6, 6.07) is 0. The van der Waals surface area contributed by atoms with Gasteiger partial charge in [-0.15, -0.1) is 0 Å². The smallest absolute Gasteiger partial charge is 0.154 e.